The van der Waals surface area contributed by atoms with E-state index < -0.39 is 0 Å². The van der Waals surface area contributed by atoms with E-state index in [4.69, 9.17) is 0 Å². The third-order valence-electron chi connectivity index (χ3n) is 2.81. The molecule has 0 aromatic carbocycles. The second kappa shape index (κ2) is 3.63. The Balaban J connectivity index is 1.71. The fourth-order valence-electron chi connectivity index (χ4n) is 1.74. The van der Waals surface area contributed by atoms with Crippen LogP contribution in [0.25, 0.3) is 5.65 Å². The first-order chi connectivity index (χ1) is 7.83. The topological polar surface area (TPSA) is 46.4 Å². The minimum Gasteiger partial charge on any atom is -0.350 e. The molecule has 1 aliphatic carbocycles. The largest absolute Gasteiger partial charge is 0.350 e. The van der Waals surface area contributed by atoms with E-state index >= 15 is 0 Å². The van der Waals surface area contributed by atoms with Gasteiger partial charge in [0.05, 0.1) is 12.2 Å². The van der Waals surface area contributed by atoms with Gasteiger partial charge in [0.1, 0.15) is 5.65 Å². The number of hydrogen-bond acceptors (Lipinski definition) is 2. The van der Waals surface area contributed by atoms with Crippen LogP contribution < -0.4 is 5.32 Å². The lowest BCUT2D eigenvalue weighted by atomic mass is 10.4. The molecule has 0 atom stereocenters. The summed E-state index contributed by atoms with van der Waals surface area (Å²) >= 11 is 0. The first-order valence-corrected chi connectivity index (χ1v) is 5.53. The molecule has 1 fully saturated rings. The van der Waals surface area contributed by atoms with Gasteiger partial charge in [-0.1, -0.05) is 6.07 Å². The Morgan fingerprint density at radius 1 is 1.50 bits per heavy atom. The Labute approximate surface area is 93.3 Å². The summed E-state index contributed by atoms with van der Waals surface area (Å²) in [5, 5.41) is 2.91. The number of carbonyl (C=O) groups excluding carboxylic acids is 1. The predicted octanol–water partition coefficient (Wildman–Crippen LogP) is 1.36. The highest BCUT2D eigenvalue weighted by molar-refractivity contribution is 5.80. The molecule has 2 heterocycles. The fourth-order valence-corrected chi connectivity index (χ4v) is 1.74. The first kappa shape index (κ1) is 9.39. The summed E-state index contributed by atoms with van der Waals surface area (Å²) in [6.07, 6.45) is 5.98. The highest BCUT2D eigenvalue weighted by Gasteiger charge is 2.29. The smallest absolute Gasteiger partial charge is 0.223 e. The maximum absolute atomic E-state index is 11.4. The number of fused-ring (bicyclic) bond motifs is 1. The molecule has 0 saturated heterocycles. The zero-order chi connectivity index (χ0) is 11.0. The standard InChI is InChI=1S/C12H13N3O/c16-12(9-4-5-9)13-7-10-8-15-6-2-1-3-11(15)14-10/h1-3,6,8-9H,4-5,7H2,(H,13,16). The van der Waals surface area contributed by atoms with E-state index in [2.05, 4.69) is 10.3 Å². The van der Waals surface area contributed by atoms with Crippen LogP contribution in [-0.2, 0) is 11.3 Å². The lowest BCUT2D eigenvalue weighted by Crippen LogP contribution is -2.24. The lowest BCUT2D eigenvalue weighted by molar-refractivity contribution is -0.122. The third-order valence-corrected chi connectivity index (χ3v) is 2.81. The number of carbonyl (C=O) groups is 1. The first-order valence-electron chi connectivity index (χ1n) is 5.53. The van der Waals surface area contributed by atoms with Crippen LogP contribution in [0.15, 0.2) is 30.6 Å². The molecule has 1 N–H and O–H groups in total. The van der Waals surface area contributed by atoms with Gasteiger partial charge in [-0.25, -0.2) is 4.98 Å². The highest BCUT2D eigenvalue weighted by atomic mass is 16.2. The average molecular weight is 215 g/mol. The molecule has 0 unspecified atom stereocenters. The van der Waals surface area contributed by atoms with E-state index in [1.54, 1.807) is 0 Å². The number of rotatable bonds is 3. The quantitative estimate of drug-likeness (QED) is 0.840. The molecule has 0 radical (unpaired) electrons. The van der Waals surface area contributed by atoms with Crippen molar-refractivity contribution in [3.8, 4) is 0 Å². The molecule has 82 valence electrons. The van der Waals surface area contributed by atoms with Crippen molar-refractivity contribution in [3.63, 3.8) is 0 Å². The van der Waals surface area contributed by atoms with Crippen LogP contribution in [0.5, 0.6) is 0 Å². The van der Waals surface area contributed by atoms with Crippen molar-refractivity contribution in [1.29, 1.82) is 0 Å². The van der Waals surface area contributed by atoms with Crippen molar-refractivity contribution in [2.75, 3.05) is 0 Å². The van der Waals surface area contributed by atoms with E-state index in [0.29, 0.717) is 6.54 Å². The predicted molar refractivity (Wildman–Crippen MR) is 59.8 cm³/mol. The Morgan fingerprint density at radius 2 is 2.38 bits per heavy atom. The van der Waals surface area contributed by atoms with Crippen molar-refractivity contribution in [2.45, 2.75) is 19.4 Å². The summed E-state index contributed by atoms with van der Waals surface area (Å²) in [5.74, 6) is 0.425. The van der Waals surface area contributed by atoms with E-state index in [9.17, 15) is 4.79 Å². The number of nitrogens with zero attached hydrogens (tertiary/aromatic N) is 2. The summed E-state index contributed by atoms with van der Waals surface area (Å²) < 4.78 is 1.96. The molecule has 3 rings (SSSR count). The number of aromatic nitrogens is 2. The van der Waals surface area contributed by atoms with Crippen molar-refractivity contribution in [2.24, 2.45) is 5.92 Å². The van der Waals surface area contributed by atoms with Crippen molar-refractivity contribution < 1.29 is 4.79 Å². The normalized spacial score (nSPS) is 15.2. The zero-order valence-corrected chi connectivity index (χ0v) is 8.89. The van der Waals surface area contributed by atoms with Gasteiger partial charge in [-0.3, -0.25) is 4.79 Å². The van der Waals surface area contributed by atoms with Crippen LogP contribution >= 0.6 is 0 Å². The second-order valence-corrected chi connectivity index (χ2v) is 4.19. The number of pyridine rings is 1. The minimum absolute atomic E-state index is 0.164. The van der Waals surface area contributed by atoms with E-state index in [1.807, 2.05) is 35.0 Å². The maximum atomic E-state index is 11.4. The molecular formula is C12H13N3O. The Hall–Kier alpha value is -1.84. The van der Waals surface area contributed by atoms with Crippen molar-refractivity contribution in [1.82, 2.24) is 14.7 Å². The molecule has 2 aromatic rings. The van der Waals surface area contributed by atoms with E-state index in [-0.39, 0.29) is 11.8 Å². The van der Waals surface area contributed by atoms with Gasteiger partial charge in [-0.2, -0.15) is 0 Å². The number of hydrogen-bond donors (Lipinski definition) is 1. The summed E-state index contributed by atoms with van der Waals surface area (Å²) in [7, 11) is 0. The summed E-state index contributed by atoms with van der Waals surface area (Å²) in [4.78, 5) is 15.9. The number of imidazole rings is 1. The van der Waals surface area contributed by atoms with Gasteiger partial charge in [0.25, 0.3) is 0 Å². The Bertz CT molecular complexity index is 495. The Kier molecular flexibility index (Phi) is 2.13. The van der Waals surface area contributed by atoms with Crippen LogP contribution in [0.1, 0.15) is 18.5 Å². The van der Waals surface area contributed by atoms with Crippen LogP contribution in [0.3, 0.4) is 0 Å². The molecule has 0 aliphatic heterocycles. The zero-order valence-electron chi connectivity index (χ0n) is 8.89. The lowest BCUT2D eigenvalue weighted by Gasteiger charge is -1.99. The SMILES string of the molecule is O=C(NCc1cn2ccccc2n1)C1CC1. The molecule has 0 spiro atoms. The third kappa shape index (κ3) is 1.78. The summed E-state index contributed by atoms with van der Waals surface area (Å²) in [6.45, 7) is 0.525. The van der Waals surface area contributed by atoms with Gasteiger partial charge in [-0.15, -0.1) is 0 Å². The average Bonchev–Trinajstić information content (AvgIpc) is 3.06. The molecular weight excluding hydrogens is 202 g/mol. The van der Waals surface area contributed by atoms with Crippen molar-refractivity contribution in [3.05, 3.63) is 36.3 Å². The molecule has 2 aromatic heterocycles. The fraction of sp³-hybridized carbons (Fsp3) is 0.333. The van der Waals surface area contributed by atoms with Crippen LogP contribution in [0.4, 0.5) is 0 Å². The second-order valence-electron chi connectivity index (χ2n) is 4.19. The molecule has 4 heteroatoms. The van der Waals surface area contributed by atoms with Gasteiger partial charge in [-0.05, 0) is 25.0 Å². The van der Waals surface area contributed by atoms with Gasteiger partial charge in [0, 0.05) is 18.3 Å². The van der Waals surface area contributed by atoms with Crippen LogP contribution in [0.2, 0.25) is 0 Å². The molecule has 16 heavy (non-hydrogen) atoms. The summed E-state index contributed by atoms with van der Waals surface area (Å²) in [6, 6.07) is 5.86. The van der Waals surface area contributed by atoms with Gasteiger partial charge >= 0.3 is 0 Å². The van der Waals surface area contributed by atoms with Gasteiger partial charge in [0.15, 0.2) is 0 Å². The molecule has 1 amide bonds. The van der Waals surface area contributed by atoms with Crippen molar-refractivity contribution >= 4 is 11.6 Å². The Morgan fingerprint density at radius 3 is 3.12 bits per heavy atom. The highest BCUT2D eigenvalue weighted by Crippen LogP contribution is 2.28. The van der Waals surface area contributed by atoms with Crippen LogP contribution in [-0.4, -0.2) is 15.3 Å². The van der Waals surface area contributed by atoms with E-state index in [1.165, 1.54) is 0 Å². The maximum Gasteiger partial charge on any atom is 0.223 e. The number of amides is 1. The van der Waals surface area contributed by atoms with E-state index in [0.717, 1.165) is 24.2 Å². The monoisotopic (exact) mass is 215 g/mol. The molecule has 4 nitrogen and oxygen atoms in total. The van der Waals surface area contributed by atoms with Crippen LogP contribution in [0, 0.1) is 5.92 Å². The molecule has 0 bridgehead atoms. The molecule has 1 aliphatic rings. The minimum atomic E-state index is 0.164. The molecule has 1 saturated carbocycles. The number of nitrogens with one attached hydrogen (secondary N) is 1. The van der Waals surface area contributed by atoms with Gasteiger partial charge in [0.2, 0.25) is 5.91 Å². The summed E-state index contributed by atoms with van der Waals surface area (Å²) in [5.41, 5.74) is 1.82. The van der Waals surface area contributed by atoms with Gasteiger partial charge < -0.3 is 9.72 Å².